The Morgan fingerprint density at radius 1 is 0.967 bits per heavy atom. The van der Waals surface area contributed by atoms with Crippen molar-refractivity contribution in [2.75, 3.05) is 0 Å². The Bertz CT molecular complexity index is 1230. The minimum Gasteiger partial charge on any atom is -0.486 e. The van der Waals surface area contributed by atoms with Crippen LogP contribution in [0.15, 0.2) is 90.1 Å². The summed E-state index contributed by atoms with van der Waals surface area (Å²) in [5, 5.41) is 0.595. The highest BCUT2D eigenvalue weighted by Gasteiger charge is 2.11. The molecule has 0 N–H and O–H groups in total. The van der Waals surface area contributed by atoms with Crippen molar-refractivity contribution in [3.8, 4) is 16.9 Å². The molecule has 1 aromatic heterocycles. The van der Waals surface area contributed by atoms with Crippen LogP contribution >= 0.6 is 11.6 Å². The van der Waals surface area contributed by atoms with Gasteiger partial charge < -0.3 is 4.74 Å². The van der Waals surface area contributed by atoms with Gasteiger partial charge in [0, 0.05) is 11.2 Å². The average molecular weight is 421 g/mol. The molecule has 0 amide bonds. The fraction of sp³-hybridized carbons (Fsp3) is 0.0833. The van der Waals surface area contributed by atoms with E-state index in [2.05, 4.69) is 4.98 Å². The normalized spacial score (nSPS) is 10.7. The van der Waals surface area contributed by atoms with Crippen LogP contribution in [0.3, 0.4) is 0 Å². The van der Waals surface area contributed by atoms with Crippen LogP contribution in [0.2, 0.25) is 5.02 Å². The van der Waals surface area contributed by atoms with Crippen molar-refractivity contribution in [1.29, 1.82) is 0 Å². The van der Waals surface area contributed by atoms with E-state index < -0.39 is 5.82 Å². The number of aromatic nitrogens is 2. The summed E-state index contributed by atoms with van der Waals surface area (Å²) in [6.07, 6.45) is 2.90. The third-order valence-corrected chi connectivity index (χ3v) is 4.86. The van der Waals surface area contributed by atoms with Gasteiger partial charge in [0.25, 0.3) is 5.56 Å². The van der Waals surface area contributed by atoms with Crippen LogP contribution < -0.4 is 10.3 Å². The van der Waals surface area contributed by atoms with Crippen LogP contribution in [0.5, 0.6) is 5.75 Å². The summed E-state index contributed by atoms with van der Waals surface area (Å²) in [4.78, 5) is 17.0. The maximum atomic E-state index is 14.6. The molecule has 0 aliphatic rings. The van der Waals surface area contributed by atoms with Crippen molar-refractivity contribution in [3.63, 3.8) is 0 Å². The average Bonchev–Trinajstić information content (AvgIpc) is 2.75. The van der Waals surface area contributed by atoms with Gasteiger partial charge in [-0.15, -0.1) is 0 Å². The van der Waals surface area contributed by atoms with E-state index in [9.17, 15) is 9.18 Å². The summed E-state index contributed by atoms with van der Waals surface area (Å²) >= 11 is 6.02. The van der Waals surface area contributed by atoms with Gasteiger partial charge in [-0.05, 0) is 41.0 Å². The van der Waals surface area contributed by atoms with Crippen molar-refractivity contribution in [1.82, 2.24) is 9.55 Å². The lowest BCUT2D eigenvalue weighted by Crippen LogP contribution is -2.22. The second-order valence-corrected chi connectivity index (χ2v) is 7.23. The number of rotatable bonds is 6. The Morgan fingerprint density at radius 2 is 1.77 bits per heavy atom. The standard InChI is InChI=1S/C24H18ClFN2O2/c25-20-8-4-7-18(11-20)14-28-16-27-13-21(24(28)29)19-9-10-23(22(26)12-19)30-15-17-5-2-1-3-6-17/h1-13,16H,14-15H2. The molecule has 0 radical (unpaired) electrons. The summed E-state index contributed by atoms with van der Waals surface area (Å²) in [6.45, 7) is 0.581. The molecule has 1 heterocycles. The van der Waals surface area contributed by atoms with Gasteiger partial charge in [-0.3, -0.25) is 9.36 Å². The molecule has 30 heavy (non-hydrogen) atoms. The molecule has 4 aromatic rings. The lowest BCUT2D eigenvalue weighted by Gasteiger charge is -2.10. The van der Waals surface area contributed by atoms with Crippen LogP contribution in [0.1, 0.15) is 11.1 Å². The predicted molar refractivity (Wildman–Crippen MR) is 115 cm³/mol. The highest BCUT2D eigenvalue weighted by atomic mass is 35.5. The summed E-state index contributed by atoms with van der Waals surface area (Å²) in [5.41, 5.74) is 2.31. The van der Waals surface area contributed by atoms with E-state index in [-0.39, 0.29) is 17.9 Å². The molecule has 0 aliphatic carbocycles. The van der Waals surface area contributed by atoms with Crippen molar-refractivity contribution in [2.45, 2.75) is 13.2 Å². The maximum absolute atomic E-state index is 14.6. The minimum atomic E-state index is -0.534. The number of hydrogen-bond acceptors (Lipinski definition) is 3. The number of benzene rings is 3. The highest BCUT2D eigenvalue weighted by molar-refractivity contribution is 6.30. The first-order chi connectivity index (χ1) is 14.6. The molecule has 6 heteroatoms. The topological polar surface area (TPSA) is 44.1 Å². The van der Waals surface area contributed by atoms with E-state index >= 15 is 0 Å². The van der Waals surface area contributed by atoms with Crippen LogP contribution in [-0.4, -0.2) is 9.55 Å². The second kappa shape index (κ2) is 8.93. The first kappa shape index (κ1) is 19.9. The van der Waals surface area contributed by atoms with E-state index in [1.54, 1.807) is 18.2 Å². The van der Waals surface area contributed by atoms with Gasteiger partial charge in [0.15, 0.2) is 11.6 Å². The van der Waals surface area contributed by atoms with E-state index in [0.717, 1.165) is 11.1 Å². The van der Waals surface area contributed by atoms with Gasteiger partial charge in [0.2, 0.25) is 0 Å². The predicted octanol–water partition coefficient (Wildman–Crippen LogP) is 5.33. The Kier molecular flexibility index (Phi) is 5.91. The Balaban J connectivity index is 1.56. The lowest BCUT2D eigenvalue weighted by molar-refractivity contribution is 0.290. The Labute approximate surface area is 178 Å². The second-order valence-electron chi connectivity index (χ2n) is 6.79. The van der Waals surface area contributed by atoms with E-state index in [1.165, 1.54) is 29.2 Å². The van der Waals surface area contributed by atoms with E-state index in [4.69, 9.17) is 16.3 Å². The first-order valence-electron chi connectivity index (χ1n) is 9.36. The minimum absolute atomic E-state index is 0.130. The zero-order valence-corrected chi connectivity index (χ0v) is 16.7. The lowest BCUT2D eigenvalue weighted by atomic mass is 10.1. The number of nitrogens with zero attached hydrogens (tertiary/aromatic N) is 2. The third kappa shape index (κ3) is 4.58. The van der Waals surface area contributed by atoms with Gasteiger partial charge in [-0.25, -0.2) is 9.37 Å². The molecule has 4 nitrogen and oxygen atoms in total. The summed E-state index contributed by atoms with van der Waals surface area (Å²) in [5.74, 6) is -0.404. The molecular formula is C24H18ClFN2O2. The number of ether oxygens (including phenoxy) is 1. The molecule has 0 spiro atoms. The number of halogens is 2. The third-order valence-electron chi connectivity index (χ3n) is 4.62. The quantitative estimate of drug-likeness (QED) is 0.423. The monoisotopic (exact) mass is 420 g/mol. The summed E-state index contributed by atoms with van der Waals surface area (Å²) in [6, 6.07) is 21.3. The van der Waals surface area contributed by atoms with Gasteiger partial charge in [-0.2, -0.15) is 0 Å². The van der Waals surface area contributed by atoms with Crippen molar-refractivity contribution in [3.05, 3.63) is 118 Å². The molecule has 0 fully saturated rings. The van der Waals surface area contributed by atoms with Crippen molar-refractivity contribution in [2.24, 2.45) is 0 Å². The van der Waals surface area contributed by atoms with E-state index in [0.29, 0.717) is 22.7 Å². The van der Waals surface area contributed by atoms with Crippen molar-refractivity contribution < 1.29 is 9.13 Å². The molecule has 3 aromatic carbocycles. The highest BCUT2D eigenvalue weighted by Crippen LogP contribution is 2.24. The van der Waals surface area contributed by atoms with Gasteiger partial charge >= 0.3 is 0 Å². The van der Waals surface area contributed by atoms with Crippen LogP contribution in [0.25, 0.3) is 11.1 Å². The van der Waals surface area contributed by atoms with E-state index in [1.807, 2.05) is 42.5 Å². The smallest absolute Gasteiger partial charge is 0.261 e. The van der Waals surface area contributed by atoms with Gasteiger partial charge in [0.05, 0.1) is 18.4 Å². The fourth-order valence-electron chi connectivity index (χ4n) is 3.11. The molecule has 4 rings (SSSR count). The fourth-order valence-corrected chi connectivity index (χ4v) is 3.33. The number of hydrogen-bond donors (Lipinski definition) is 0. The van der Waals surface area contributed by atoms with Crippen molar-refractivity contribution >= 4 is 11.6 Å². The molecule has 0 atom stereocenters. The molecule has 0 aliphatic heterocycles. The van der Waals surface area contributed by atoms with Crippen LogP contribution in [0, 0.1) is 5.82 Å². The maximum Gasteiger partial charge on any atom is 0.261 e. The molecule has 0 bridgehead atoms. The first-order valence-corrected chi connectivity index (χ1v) is 9.73. The largest absolute Gasteiger partial charge is 0.486 e. The molecule has 0 saturated heterocycles. The molecule has 0 unspecified atom stereocenters. The van der Waals surface area contributed by atoms with Gasteiger partial charge in [-0.1, -0.05) is 60.1 Å². The Hall–Kier alpha value is -3.44. The molecule has 150 valence electrons. The molecule has 0 saturated carbocycles. The summed E-state index contributed by atoms with van der Waals surface area (Å²) in [7, 11) is 0. The van der Waals surface area contributed by atoms with Crippen LogP contribution in [-0.2, 0) is 13.2 Å². The van der Waals surface area contributed by atoms with Gasteiger partial charge in [0.1, 0.15) is 6.61 Å². The molecular weight excluding hydrogens is 403 g/mol. The zero-order chi connectivity index (χ0) is 20.9. The summed E-state index contributed by atoms with van der Waals surface area (Å²) < 4.78 is 21.6. The SMILES string of the molecule is O=c1c(-c2ccc(OCc3ccccc3)c(F)c2)cncn1Cc1cccc(Cl)c1. The van der Waals surface area contributed by atoms with Crippen LogP contribution in [0.4, 0.5) is 4.39 Å². The zero-order valence-electron chi connectivity index (χ0n) is 16.0. The Morgan fingerprint density at radius 3 is 2.53 bits per heavy atom.